The predicted octanol–water partition coefficient (Wildman–Crippen LogP) is 3.22. The highest BCUT2D eigenvalue weighted by atomic mass is 31.2. The van der Waals surface area contributed by atoms with Crippen molar-refractivity contribution in [1.29, 1.82) is 0 Å². The summed E-state index contributed by atoms with van der Waals surface area (Å²) in [5.41, 5.74) is 0.0642. The summed E-state index contributed by atoms with van der Waals surface area (Å²) in [4.78, 5) is 11.5. The molecule has 0 spiro atoms. The average molecular weight is 191 g/mol. The van der Waals surface area contributed by atoms with Gasteiger partial charge < -0.3 is 4.74 Å². The summed E-state index contributed by atoms with van der Waals surface area (Å²) in [6, 6.07) is 0. The number of carbonyl (C=O) groups excluding carboxylic acids is 1. The third-order valence-electron chi connectivity index (χ3n) is 2.27. The summed E-state index contributed by atoms with van der Waals surface area (Å²) in [6.45, 7) is 8.81. The first-order valence-electron chi connectivity index (χ1n) is 4.62. The van der Waals surface area contributed by atoms with Crippen molar-refractivity contribution in [2.45, 2.75) is 27.2 Å². The van der Waals surface area contributed by atoms with Gasteiger partial charge >= 0.3 is 5.71 Å². The van der Waals surface area contributed by atoms with E-state index in [1.165, 1.54) is 0 Å². The van der Waals surface area contributed by atoms with Gasteiger partial charge in [0, 0.05) is 0 Å². The van der Waals surface area contributed by atoms with Crippen LogP contribution in [-0.4, -0.2) is 31.3 Å². The Bertz CT molecular complexity index is 141. The zero-order chi connectivity index (χ0) is 9.61. The molecule has 0 radical (unpaired) electrons. The molecule has 0 N–H and O–H groups in total. The summed E-state index contributed by atoms with van der Waals surface area (Å²) in [5, 5.41) is 0. The van der Waals surface area contributed by atoms with Gasteiger partial charge in [-0.15, -0.1) is 0 Å². The maximum atomic E-state index is 11.5. The summed E-state index contributed by atoms with van der Waals surface area (Å²) in [6.07, 6.45) is 2.84. The summed E-state index contributed by atoms with van der Waals surface area (Å²) in [7, 11) is -1.41. The van der Waals surface area contributed by atoms with E-state index in [0.717, 1.165) is 18.7 Å². The minimum absolute atomic E-state index is 0.0642. The molecule has 0 aromatic carbocycles. The molecule has 0 aromatic heterocycles. The SMILES string of the molecule is CCCOC(=O)[P+](C)(CC)CC. The third-order valence-corrected chi connectivity index (χ3v) is 6.07. The molecule has 0 atom stereocenters. The Morgan fingerprint density at radius 2 is 1.75 bits per heavy atom. The Balaban J connectivity index is 4.03. The summed E-state index contributed by atoms with van der Waals surface area (Å²) >= 11 is 0. The lowest BCUT2D eigenvalue weighted by molar-refractivity contribution is 0.173. The van der Waals surface area contributed by atoms with Crippen LogP contribution in [0.1, 0.15) is 27.2 Å². The molecule has 0 aliphatic heterocycles. The van der Waals surface area contributed by atoms with Crippen molar-refractivity contribution in [1.82, 2.24) is 0 Å². The molecular formula is C9H20O2P+. The number of ether oxygens (including phenoxy) is 1. The molecule has 3 heteroatoms. The molecule has 0 heterocycles. The van der Waals surface area contributed by atoms with Crippen LogP contribution in [0.4, 0.5) is 4.79 Å². The maximum absolute atomic E-state index is 11.5. The van der Waals surface area contributed by atoms with Crippen LogP contribution in [-0.2, 0) is 4.74 Å². The minimum Gasteiger partial charge on any atom is -0.436 e. The Kier molecular flexibility index (Phi) is 5.48. The van der Waals surface area contributed by atoms with Crippen molar-refractivity contribution in [2.24, 2.45) is 0 Å². The maximum Gasteiger partial charge on any atom is 0.450 e. The lowest BCUT2D eigenvalue weighted by Gasteiger charge is -2.15. The van der Waals surface area contributed by atoms with Crippen molar-refractivity contribution in [3.05, 3.63) is 0 Å². The number of carbonyl (C=O) groups is 1. The molecule has 0 aliphatic carbocycles. The van der Waals surface area contributed by atoms with E-state index in [4.69, 9.17) is 4.74 Å². The molecular weight excluding hydrogens is 171 g/mol. The summed E-state index contributed by atoms with van der Waals surface area (Å²) < 4.78 is 5.15. The van der Waals surface area contributed by atoms with Gasteiger partial charge in [-0.25, -0.2) is 4.79 Å². The smallest absolute Gasteiger partial charge is 0.436 e. The highest BCUT2D eigenvalue weighted by Crippen LogP contribution is 2.55. The van der Waals surface area contributed by atoms with Crippen LogP contribution in [0.15, 0.2) is 0 Å². The third kappa shape index (κ3) is 3.10. The largest absolute Gasteiger partial charge is 0.450 e. The van der Waals surface area contributed by atoms with Crippen molar-refractivity contribution < 1.29 is 9.53 Å². The van der Waals surface area contributed by atoms with Gasteiger partial charge in [0.05, 0.1) is 25.6 Å². The zero-order valence-electron chi connectivity index (χ0n) is 8.59. The van der Waals surface area contributed by atoms with Crippen LogP contribution < -0.4 is 0 Å². The lowest BCUT2D eigenvalue weighted by atomic mass is 10.5. The summed E-state index contributed by atoms with van der Waals surface area (Å²) in [5.74, 6) is 0. The average Bonchev–Trinajstić information content (AvgIpc) is 2.12. The second kappa shape index (κ2) is 5.53. The fourth-order valence-electron chi connectivity index (χ4n) is 0.827. The van der Waals surface area contributed by atoms with E-state index in [1.54, 1.807) is 0 Å². The molecule has 12 heavy (non-hydrogen) atoms. The van der Waals surface area contributed by atoms with E-state index in [-0.39, 0.29) is 5.71 Å². The predicted molar refractivity (Wildman–Crippen MR) is 55.6 cm³/mol. The van der Waals surface area contributed by atoms with Crippen molar-refractivity contribution in [3.8, 4) is 0 Å². The highest BCUT2D eigenvalue weighted by Gasteiger charge is 2.39. The molecule has 0 unspecified atom stereocenters. The molecule has 2 nitrogen and oxygen atoms in total. The van der Waals surface area contributed by atoms with E-state index >= 15 is 0 Å². The zero-order valence-corrected chi connectivity index (χ0v) is 9.49. The van der Waals surface area contributed by atoms with Crippen LogP contribution in [0, 0.1) is 0 Å². The molecule has 0 amide bonds. The van der Waals surface area contributed by atoms with Crippen molar-refractivity contribution in [3.63, 3.8) is 0 Å². The normalized spacial score (nSPS) is 11.3. The van der Waals surface area contributed by atoms with Crippen LogP contribution in [0.25, 0.3) is 0 Å². The molecule has 0 bridgehead atoms. The quantitative estimate of drug-likeness (QED) is 0.623. The first-order valence-corrected chi connectivity index (χ1v) is 7.23. The van der Waals surface area contributed by atoms with Crippen molar-refractivity contribution >= 4 is 13.0 Å². The van der Waals surface area contributed by atoms with E-state index < -0.39 is 7.26 Å². The number of rotatable bonds is 5. The molecule has 0 rings (SSSR count). The monoisotopic (exact) mass is 191 g/mol. The van der Waals surface area contributed by atoms with E-state index in [2.05, 4.69) is 20.5 Å². The van der Waals surface area contributed by atoms with Crippen LogP contribution >= 0.6 is 7.26 Å². The van der Waals surface area contributed by atoms with E-state index in [9.17, 15) is 4.79 Å². The lowest BCUT2D eigenvalue weighted by Crippen LogP contribution is -2.12. The van der Waals surface area contributed by atoms with Crippen LogP contribution in [0.3, 0.4) is 0 Å². The van der Waals surface area contributed by atoms with Gasteiger partial charge in [-0.1, -0.05) is 6.92 Å². The Hall–Kier alpha value is -0.100. The standard InChI is InChI=1S/C9H20O2P/c1-5-8-11-9(10)12(4,6-2)7-3/h5-8H2,1-4H3/q+1. The fraction of sp³-hybridized carbons (Fsp3) is 0.889. The molecule has 72 valence electrons. The van der Waals surface area contributed by atoms with Crippen LogP contribution in [0.5, 0.6) is 0 Å². The second-order valence-electron chi connectivity index (χ2n) is 3.14. The topological polar surface area (TPSA) is 26.3 Å². The Morgan fingerprint density at radius 1 is 1.25 bits per heavy atom. The Labute approximate surface area is 76.0 Å². The van der Waals surface area contributed by atoms with Gasteiger partial charge in [-0.2, -0.15) is 0 Å². The first kappa shape index (κ1) is 11.9. The van der Waals surface area contributed by atoms with E-state index in [0.29, 0.717) is 6.61 Å². The van der Waals surface area contributed by atoms with Gasteiger partial charge in [-0.05, 0) is 20.3 Å². The minimum atomic E-state index is -1.41. The second-order valence-corrected chi connectivity index (χ2v) is 7.56. The molecule has 0 aromatic rings. The van der Waals surface area contributed by atoms with E-state index in [1.807, 2.05) is 6.92 Å². The van der Waals surface area contributed by atoms with Gasteiger partial charge in [-0.3, -0.25) is 0 Å². The molecule has 0 saturated carbocycles. The van der Waals surface area contributed by atoms with Crippen LogP contribution in [0.2, 0.25) is 0 Å². The van der Waals surface area contributed by atoms with Gasteiger partial charge in [0.25, 0.3) is 0 Å². The van der Waals surface area contributed by atoms with Gasteiger partial charge in [0.1, 0.15) is 7.26 Å². The number of hydrogen-bond donors (Lipinski definition) is 0. The molecule has 0 aliphatic rings. The Morgan fingerprint density at radius 3 is 2.08 bits per heavy atom. The first-order chi connectivity index (χ1) is 5.60. The van der Waals surface area contributed by atoms with Gasteiger partial charge in [0.15, 0.2) is 0 Å². The molecule has 0 saturated heterocycles. The highest BCUT2D eigenvalue weighted by molar-refractivity contribution is 7.89. The van der Waals surface area contributed by atoms with Gasteiger partial charge in [0.2, 0.25) is 0 Å². The number of hydrogen-bond acceptors (Lipinski definition) is 2. The van der Waals surface area contributed by atoms with Crippen molar-refractivity contribution in [2.75, 3.05) is 25.6 Å². The fourth-order valence-corrected chi connectivity index (χ4v) is 2.19. The molecule has 0 fully saturated rings.